The lowest BCUT2D eigenvalue weighted by Gasteiger charge is -2.14. The highest BCUT2D eigenvalue weighted by Crippen LogP contribution is 2.09. The fourth-order valence-electron chi connectivity index (χ4n) is 2.58. The summed E-state index contributed by atoms with van der Waals surface area (Å²) in [7, 11) is 1.59. The van der Waals surface area contributed by atoms with Crippen LogP contribution in [0.3, 0.4) is 0 Å². The second-order valence-electron chi connectivity index (χ2n) is 5.66. The molecule has 0 radical (unpaired) electrons. The van der Waals surface area contributed by atoms with Crippen molar-refractivity contribution in [3.05, 3.63) is 49.3 Å². The number of thiazole rings is 1. The highest BCUT2D eigenvalue weighted by Gasteiger charge is 2.17. The molecule has 2 aromatic rings. The van der Waals surface area contributed by atoms with Crippen LogP contribution in [0.1, 0.15) is 32.3 Å². The summed E-state index contributed by atoms with van der Waals surface area (Å²) in [5.41, 5.74) is 2.39. The van der Waals surface area contributed by atoms with Crippen molar-refractivity contribution in [2.45, 2.75) is 33.7 Å². The van der Waals surface area contributed by atoms with Gasteiger partial charge >= 0.3 is 0 Å². The highest BCUT2D eigenvalue weighted by atomic mass is 32.1. The molecule has 1 amide bonds. The van der Waals surface area contributed by atoms with Crippen LogP contribution in [0.5, 0.6) is 0 Å². The van der Waals surface area contributed by atoms with E-state index in [0.29, 0.717) is 31.7 Å². The Kier molecular flexibility index (Phi) is 6.28. The first-order valence-electron chi connectivity index (χ1n) is 7.83. The van der Waals surface area contributed by atoms with E-state index < -0.39 is 0 Å². The number of nitrogens with one attached hydrogen (secondary N) is 1. The van der Waals surface area contributed by atoms with Crippen LogP contribution in [0.25, 0.3) is 0 Å². The number of pyridine rings is 1. The largest absolute Gasteiger partial charge is 0.383 e. The van der Waals surface area contributed by atoms with E-state index in [1.54, 1.807) is 29.9 Å². The predicted octanol–water partition coefficient (Wildman–Crippen LogP) is 1.85. The number of aryl methyl sites for hydroxylation is 3. The Morgan fingerprint density at radius 2 is 2.12 bits per heavy atom. The number of rotatable bonds is 7. The fraction of sp³-hybridized carbons (Fsp3) is 0.471. The molecular weight excluding hydrogens is 326 g/mol. The zero-order chi connectivity index (χ0) is 17.7. The van der Waals surface area contributed by atoms with E-state index in [-0.39, 0.29) is 17.0 Å². The molecule has 6 nitrogen and oxygen atoms in total. The van der Waals surface area contributed by atoms with Crippen molar-refractivity contribution in [1.29, 1.82) is 0 Å². The summed E-state index contributed by atoms with van der Waals surface area (Å²) in [5, 5.41) is 5.81. The minimum absolute atomic E-state index is 0.200. The number of aromatic nitrogens is 2. The lowest BCUT2D eigenvalue weighted by Crippen LogP contribution is -2.36. The Morgan fingerprint density at radius 1 is 1.38 bits per heavy atom. The number of carbonyl (C=O) groups excluding carboxylic acids is 1. The molecule has 0 aromatic carbocycles. The van der Waals surface area contributed by atoms with Crippen LogP contribution in [0.2, 0.25) is 0 Å². The van der Waals surface area contributed by atoms with Gasteiger partial charge < -0.3 is 14.6 Å². The molecule has 2 heterocycles. The van der Waals surface area contributed by atoms with Gasteiger partial charge in [0.05, 0.1) is 17.3 Å². The molecular formula is C17H23N3O3S. The van der Waals surface area contributed by atoms with Crippen molar-refractivity contribution in [3.8, 4) is 0 Å². The van der Waals surface area contributed by atoms with Gasteiger partial charge in [-0.25, -0.2) is 4.98 Å². The summed E-state index contributed by atoms with van der Waals surface area (Å²) in [6, 6.07) is 1.86. The summed E-state index contributed by atoms with van der Waals surface area (Å²) in [5.74, 6) is -0.337. The molecule has 0 spiro atoms. The molecule has 0 atom stereocenters. The molecule has 0 unspecified atom stereocenters. The van der Waals surface area contributed by atoms with Gasteiger partial charge in [-0.1, -0.05) is 0 Å². The Bertz CT molecular complexity index is 780. The molecule has 0 aliphatic carbocycles. The minimum atomic E-state index is -0.337. The lowest BCUT2D eigenvalue weighted by molar-refractivity contribution is 0.0951. The van der Waals surface area contributed by atoms with Crippen LogP contribution < -0.4 is 10.9 Å². The molecule has 0 saturated heterocycles. The first kappa shape index (κ1) is 18.4. The van der Waals surface area contributed by atoms with Crippen molar-refractivity contribution >= 4 is 17.2 Å². The van der Waals surface area contributed by atoms with Gasteiger partial charge in [-0.15, -0.1) is 11.3 Å². The summed E-state index contributed by atoms with van der Waals surface area (Å²) < 4.78 is 6.61. The van der Waals surface area contributed by atoms with Gasteiger partial charge in [0.1, 0.15) is 5.56 Å². The van der Waals surface area contributed by atoms with Crippen molar-refractivity contribution in [2.75, 3.05) is 20.3 Å². The van der Waals surface area contributed by atoms with Crippen LogP contribution in [0, 0.1) is 20.8 Å². The molecule has 0 aliphatic rings. The van der Waals surface area contributed by atoms with Gasteiger partial charge in [-0.2, -0.15) is 0 Å². The Labute approximate surface area is 145 Å². The molecule has 24 heavy (non-hydrogen) atoms. The van der Waals surface area contributed by atoms with E-state index in [2.05, 4.69) is 10.3 Å². The lowest BCUT2D eigenvalue weighted by atomic mass is 10.1. The summed E-state index contributed by atoms with van der Waals surface area (Å²) in [6.45, 7) is 6.90. The van der Waals surface area contributed by atoms with Crippen LogP contribution in [0.4, 0.5) is 0 Å². The van der Waals surface area contributed by atoms with Crippen molar-refractivity contribution in [1.82, 2.24) is 14.9 Å². The van der Waals surface area contributed by atoms with Gasteiger partial charge in [-0.3, -0.25) is 9.59 Å². The average Bonchev–Trinajstić information content (AvgIpc) is 2.92. The van der Waals surface area contributed by atoms with E-state index in [1.165, 1.54) is 0 Å². The number of amides is 1. The van der Waals surface area contributed by atoms with E-state index >= 15 is 0 Å². The number of nitrogens with zero attached hydrogens (tertiary/aromatic N) is 2. The molecule has 130 valence electrons. The maximum absolute atomic E-state index is 12.6. The summed E-state index contributed by atoms with van der Waals surface area (Å²) in [6.07, 6.45) is 0.652. The summed E-state index contributed by atoms with van der Waals surface area (Å²) in [4.78, 5) is 29.4. The SMILES string of the molecule is COCCn1c(C)cc(C)c(C(=O)NCCc2csc(C)n2)c1=O. The summed E-state index contributed by atoms with van der Waals surface area (Å²) >= 11 is 1.59. The van der Waals surface area contributed by atoms with E-state index in [9.17, 15) is 9.59 Å². The molecule has 2 rings (SSSR count). The molecule has 0 saturated carbocycles. The van der Waals surface area contributed by atoms with Crippen LogP contribution in [-0.2, 0) is 17.7 Å². The quantitative estimate of drug-likeness (QED) is 0.828. The standard InChI is InChI=1S/C17H23N3O3S/c1-11-9-12(2)20(7-8-23-4)17(22)15(11)16(21)18-6-5-14-10-24-13(3)19-14/h9-10H,5-8H2,1-4H3,(H,18,21). The highest BCUT2D eigenvalue weighted by molar-refractivity contribution is 7.09. The van der Waals surface area contributed by atoms with Gasteiger partial charge in [0.2, 0.25) is 0 Å². The topological polar surface area (TPSA) is 73.2 Å². The number of hydrogen-bond donors (Lipinski definition) is 1. The first-order valence-corrected chi connectivity index (χ1v) is 8.71. The van der Waals surface area contributed by atoms with E-state index in [1.807, 2.05) is 25.3 Å². The maximum Gasteiger partial charge on any atom is 0.263 e. The van der Waals surface area contributed by atoms with Gasteiger partial charge in [0.25, 0.3) is 11.5 Å². The van der Waals surface area contributed by atoms with Gasteiger partial charge in [0.15, 0.2) is 0 Å². The molecule has 0 fully saturated rings. The second kappa shape index (κ2) is 8.21. The number of carbonyl (C=O) groups is 1. The van der Waals surface area contributed by atoms with Crippen molar-refractivity contribution < 1.29 is 9.53 Å². The Morgan fingerprint density at radius 3 is 2.75 bits per heavy atom. The number of ether oxygens (including phenoxy) is 1. The van der Waals surface area contributed by atoms with Crippen LogP contribution in [-0.4, -0.2) is 35.7 Å². The first-order chi connectivity index (χ1) is 11.4. The number of methoxy groups -OCH3 is 1. The number of hydrogen-bond acceptors (Lipinski definition) is 5. The van der Waals surface area contributed by atoms with E-state index in [4.69, 9.17) is 4.74 Å². The molecule has 1 N–H and O–H groups in total. The van der Waals surface area contributed by atoms with Gasteiger partial charge in [-0.05, 0) is 32.4 Å². The zero-order valence-corrected chi connectivity index (χ0v) is 15.3. The average molecular weight is 349 g/mol. The molecule has 0 aliphatic heterocycles. The molecule has 2 aromatic heterocycles. The minimum Gasteiger partial charge on any atom is -0.383 e. The zero-order valence-electron chi connectivity index (χ0n) is 14.5. The molecule has 7 heteroatoms. The second-order valence-corrected chi connectivity index (χ2v) is 6.72. The third kappa shape index (κ3) is 4.30. The predicted molar refractivity (Wildman–Crippen MR) is 94.9 cm³/mol. The monoisotopic (exact) mass is 349 g/mol. The van der Waals surface area contributed by atoms with Gasteiger partial charge in [0, 0.05) is 37.7 Å². The van der Waals surface area contributed by atoms with Crippen LogP contribution in [0.15, 0.2) is 16.2 Å². The van der Waals surface area contributed by atoms with E-state index in [0.717, 1.165) is 16.4 Å². The maximum atomic E-state index is 12.6. The normalized spacial score (nSPS) is 10.8. The van der Waals surface area contributed by atoms with Crippen LogP contribution >= 0.6 is 11.3 Å². The third-order valence-corrected chi connectivity index (χ3v) is 4.61. The Balaban J connectivity index is 2.11. The van der Waals surface area contributed by atoms with Crippen molar-refractivity contribution in [3.63, 3.8) is 0 Å². The molecule has 0 bridgehead atoms. The fourth-order valence-corrected chi connectivity index (χ4v) is 3.23. The third-order valence-electron chi connectivity index (χ3n) is 3.78. The smallest absolute Gasteiger partial charge is 0.263 e. The Hall–Kier alpha value is -1.99. The van der Waals surface area contributed by atoms with Crippen molar-refractivity contribution in [2.24, 2.45) is 0 Å².